The molecular weight excluding hydrogens is 97.4 g/mol. The second kappa shape index (κ2) is 18.7. The van der Waals surface area contributed by atoms with Crippen molar-refractivity contribution < 1.29 is 65.2 Å². The van der Waals surface area contributed by atoms with Gasteiger partial charge in [-0.25, -0.2) is 11.9 Å². The van der Waals surface area contributed by atoms with Gasteiger partial charge in [0.15, 0.2) is 0 Å². The molecule has 0 N–H and O–H groups in total. The van der Waals surface area contributed by atoms with Crippen molar-refractivity contribution >= 4 is 11.9 Å². The average Bonchev–Trinajstić information content (AvgIpc) is 1.00. The molecular formula is HClNa2O. The van der Waals surface area contributed by atoms with Gasteiger partial charge in [0.1, 0.15) is 0 Å². The molecule has 16 valence electrons. The van der Waals surface area contributed by atoms with Gasteiger partial charge in [-0.05, 0) is 0 Å². The first-order valence-electron chi connectivity index (χ1n) is 0.154. The molecule has 0 bridgehead atoms. The van der Waals surface area contributed by atoms with Crippen LogP contribution in [0.4, 0.5) is 0 Å². The molecule has 4 heavy (non-hydrogen) atoms. The Morgan fingerprint density at radius 3 is 1.25 bits per heavy atom. The van der Waals surface area contributed by atoms with Crippen molar-refractivity contribution in [2.75, 3.05) is 0 Å². The molecule has 0 radical (unpaired) electrons. The van der Waals surface area contributed by atoms with Gasteiger partial charge in [0.25, 0.3) is 0 Å². The first-order valence-corrected chi connectivity index (χ1v) is 0.463. The number of hydrogen-bond donors (Lipinski definition) is 0. The van der Waals surface area contributed by atoms with Crippen LogP contribution in [0.2, 0.25) is 0 Å². The van der Waals surface area contributed by atoms with E-state index in [1.807, 2.05) is 0 Å². The SMILES string of the molecule is [H-].[Na+].[Na+].[O-]Cl. The van der Waals surface area contributed by atoms with Gasteiger partial charge < -0.3 is 6.09 Å². The van der Waals surface area contributed by atoms with Crippen LogP contribution in [0.3, 0.4) is 0 Å². The second-order valence-electron chi connectivity index (χ2n) is 0. The fourth-order valence-corrected chi connectivity index (χ4v) is 0. The van der Waals surface area contributed by atoms with E-state index in [1.54, 1.807) is 0 Å². The molecule has 0 aromatic carbocycles. The van der Waals surface area contributed by atoms with Gasteiger partial charge >= 0.3 is 59.1 Å². The molecule has 0 heterocycles. The fourth-order valence-electron chi connectivity index (χ4n) is 0. The van der Waals surface area contributed by atoms with E-state index >= 15 is 0 Å². The molecule has 0 aliphatic heterocycles. The number of rotatable bonds is 0. The van der Waals surface area contributed by atoms with Crippen molar-refractivity contribution in [3.63, 3.8) is 0 Å². The van der Waals surface area contributed by atoms with Gasteiger partial charge in [-0.3, -0.25) is 0 Å². The predicted molar refractivity (Wildman–Crippen MR) is 6.96 cm³/mol. The van der Waals surface area contributed by atoms with E-state index in [0.29, 0.717) is 0 Å². The van der Waals surface area contributed by atoms with Crippen LogP contribution in [0, 0.1) is 0 Å². The molecule has 0 aromatic heterocycles. The molecule has 0 aromatic rings. The predicted octanol–water partition coefficient (Wildman–Crippen LogP) is -6.38. The smallest absolute Gasteiger partial charge is 1.00 e. The van der Waals surface area contributed by atoms with Crippen LogP contribution in [-0.2, 0) is 0 Å². The van der Waals surface area contributed by atoms with E-state index in [1.165, 1.54) is 0 Å². The van der Waals surface area contributed by atoms with E-state index in [-0.39, 0.29) is 60.5 Å². The summed E-state index contributed by atoms with van der Waals surface area (Å²) in [6.07, 6.45) is 0. The van der Waals surface area contributed by atoms with Crippen LogP contribution in [0.5, 0.6) is 0 Å². The molecule has 0 atom stereocenters. The first-order chi connectivity index (χ1) is 1.00. The summed E-state index contributed by atoms with van der Waals surface area (Å²) < 4.78 is 7.72. The zero-order chi connectivity index (χ0) is 2.00. The summed E-state index contributed by atoms with van der Waals surface area (Å²) >= 11 is 3.39. The van der Waals surface area contributed by atoms with Crippen LogP contribution in [-0.4, -0.2) is 0 Å². The van der Waals surface area contributed by atoms with Gasteiger partial charge in [-0.1, -0.05) is 0 Å². The molecule has 4 heteroatoms. The normalized spacial score (nSPS) is 1.50. The minimum absolute atomic E-state index is 0. The summed E-state index contributed by atoms with van der Waals surface area (Å²) in [5, 5.41) is 0. The van der Waals surface area contributed by atoms with Gasteiger partial charge in [-0.15, -0.1) is 0 Å². The Bertz CT molecular complexity index is 9.61. The third kappa shape index (κ3) is 8.87. The largest absolute Gasteiger partial charge is 1.00 e. The molecule has 0 fully saturated rings. The zero-order valence-corrected chi connectivity index (χ0v) is 7.54. The van der Waals surface area contributed by atoms with Crippen LogP contribution in [0.1, 0.15) is 1.43 Å². The third-order valence-electron chi connectivity index (χ3n) is 0. The minimum Gasteiger partial charge on any atom is -1.00 e. The summed E-state index contributed by atoms with van der Waals surface area (Å²) in [6.45, 7) is 0. The second-order valence-corrected chi connectivity index (χ2v) is 0. The van der Waals surface area contributed by atoms with E-state index < -0.39 is 0 Å². The van der Waals surface area contributed by atoms with Crippen molar-refractivity contribution in [3.05, 3.63) is 0 Å². The number of halogens is 1. The minimum atomic E-state index is 0. The van der Waals surface area contributed by atoms with E-state index in [0.717, 1.165) is 0 Å². The number of hydrogen-bond acceptors (Lipinski definition) is 1. The molecule has 0 amide bonds. The van der Waals surface area contributed by atoms with Crippen molar-refractivity contribution in [1.82, 2.24) is 0 Å². The quantitative estimate of drug-likeness (QED) is 0.277. The molecule has 0 aliphatic carbocycles. The summed E-state index contributed by atoms with van der Waals surface area (Å²) in [5.41, 5.74) is 0. The van der Waals surface area contributed by atoms with Gasteiger partial charge in [0.05, 0.1) is 0 Å². The Kier molecular flexibility index (Phi) is 76.4. The Morgan fingerprint density at radius 1 is 1.25 bits per heavy atom. The van der Waals surface area contributed by atoms with Crippen molar-refractivity contribution in [1.29, 1.82) is 0 Å². The van der Waals surface area contributed by atoms with E-state index in [2.05, 4.69) is 11.9 Å². The molecule has 0 saturated carbocycles. The van der Waals surface area contributed by atoms with E-state index in [4.69, 9.17) is 4.66 Å². The maximum Gasteiger partial charge on any atom is 1.00 e. The molecule has 0 spiro atoms. The maximum atomic E-state index is 7.72. The summed E-state index contributed by atoms with van der Waals surface area (Å²) in [7, 11) is 0. The van der Waals surface area contributed by atoms with Crippen molar-refractivity contribution in [2.24, 2.45) is 0 Å². The molecule has 1 nitrogen and oxygen atoms in total. The standard InChI is InChI=1S/ClO.2Na.H/c1-2;;;/q-1;2*+1;-1. The molecule has 0 saturated heterocycles. The molecule has 0 rings (SSSR count). The van der Waals surface area contributed by atoms with Crippen LogP contribution < -0.4 is 63.8 Å². The maximum absolute atomic E-state index is 7.72. The average molecular weight is 98.4 g/mol. The van der Waals surface area contributed by atoms with Crippen molar-refractivity contribution in [2.45, 2.75) is 0 Å². The van der Waals surface area contributed by atoms with Gasteiger partial charge in [0.2, 0.25) is 0 Å². The first kappa shape index (κ1) is 16.3. The fraction of sp³-hybridized carbons (Fsp3) is 0. The summed E-state index contributed by atoms with van der Waals surface area (Å²) in [6, 6.07) is 0. The van der Waals surface area contributed by atoms with Crippen LogP contribution in [0.25, 0.3) is 0 Å². The van der Waals surface area contributed by atoms with Crippen LogP contribution in [0.15, 0.2) is 0 Å². The van der Waals surface area contributed by atoms with Gasteiger partial charge in [-0.2, -0.15) is 0 Å². The Morgan fingerprint density at radius 2 is 1.25 bits per heavy atom. The molecule has 0 unspecified atom stereocenters. The van der Waals surface area contributed by atoms with Crippen LogP contribution >= 0.6 is 11.9 Å². The van der Waals surface area contributed by atoms with Crippen molar-refractivity contribution in [3.8, 4) is 0 Å². The topological polar surface area (TPSA) is 23.1 Å². The Hall–Kier alpha value is 2.25. The zero-order valence-electron chi connectivity index (χ0n) is 3.79. The third-order valence-corrected chi connectivity index (χ3v) is 0. The summed E-state index contributed by atoms with van der Waals surface area (Å²) in [4.78, 5) is 0. The van der Waals surface area contributed by atoms with E-state index in [9.17, 15) is 0 Å². The monoisotopic (exact) mass is 98.0 g/mol. The molecule has 0 aliphatic rings. The Balaban J connectivity index is -0.00000000167. The summed E-state index contributed by atoms with van der Waals surface area (Å²) in [5.74, 6) is 0. The van der Waals surface area contributed by atoms with Gasteiger partial charge in [0, 0.05) is 0 Å². The Labute approximate surface area is 76.0 Å².